The van der Waals surface area contributed by atoms with Crippen molar-refractivity contribution in [3.05, 3.63) is 23.8 Å². The van der Waals surface area contributed by atoms with Crippen molar-refractivity contribution in [1.82, 2.24) is 0 Å². The standard InChI is InChI=1S/C23H38O2/c1-17(2)11-10-12-18(3)23-24-21(19-13-6-4-7-14-19)22(25-23)20-15-8-5-9-16-20/h11,19-23H,3-10,12-16H2,1-2H3/t21-,22-/m0/s1. The van der Waals surface area contributed by atoms with E-state index in [0.29, 0.717) is 24.0 Å². The minimum atomic E-state index is -0.163. The highest BCUT2D eigenvalue weighted by Crippen LogP contribution is 2.42. The average molecular weight is 347 g/mol. The van der Waals surface area contributed by atoms with Crippen LogP contribution in [0.15, 0.2) is 23.8 Å². The number of ether oxygens (including phenoxy) is 2. The summed E-state index contributed by atoms with van der Waals surface area (Å²) in [6.45, 7) is 8.63. The van der Waals surface area contributed by atoms with Crippen LogP contribution in [0.5, 0.6) is 0 Å². The van der Waals surface area contributed by atoms with E-state index in [9.17, 15) is 0 Å². The predicted octanol–water partition coefficient (Wildman–Crippen LogP) is 6.56. The summed E-state index contributed by atoms with van der Waals surface area (Å²) >= 11 is 0. The normalized spacial score (nSPS) is 29.7. The third-order valence-corrected chi connectivity index (χ3v) is 6.47. The number of rotatable bonds is 6. The van der Waals surface area contributed by atoms with Gasteiger partial charge in [-0.1, -0.05) is 56.8 Å². The fraction of sp³-hybridized carbons (Fsp3) is 0.826. The lowest BCUT2D eigenvalue weighted by Gasteiger charge is -2.34. The van der Waals surface area contributed by atoms with Crippen LogP contribution in [0.2, 0.25) is 0 Å². The summed E-state index contributed by atoms with van der Waals surface area (Å²) in [7, 11) is 0. The third-order valence-electron chi connectivity index (χ3n) is 6.47. The van der Waals surface area contributed by atoms with Crippen molar-refractivity contribution < 1.29 is 9.47 Å². The molecule has 0 aromatic carbocycles. The molecule has 3 fully saturated rings. The molecule has 2 atom stereocenters. The molecule has 0 radical (unpaired) electrons. The van der Waals surface area contributed by atoms with Crippen molar-refractivity contribution in [2.24, 2.45) is 11.8 Å². The molecule has 0 bridgehead atoms. The molecule has 0 aromatic heterocycles. The van der Waals surface area contributed by atoms with Crippen molar-refractivity contribution >= 4 is 0 Å². The van der Waals surface area contributed by atoms with Crippen LogP contribution in [-0.4, -0.2) is 18.5 Å². The Morgan fingerprint density at radius 1 is 0.840 bits per heavy atom. The van der Waals surface area contributed by atoms with Crippen molar-refractivity contribution in [3.63, 3.8) is 0 Å². The Morgan fingerprint density at radius 3 is 1.76 bits per heavy atom. The van der Waals surface area contributed by atoms with Crippen molar-refractivity contribution in [2.75, 3.05) is 0 Å². The van der Waals surface area contributed by atoms with E-state index >= 15 is 0 Å². The topological polar surface area (TPSA) is 18.5 Å². The van der Waals surface area contributed by atoms with Crippen LogP contribution in [0.3, 0.4) is 0 Å². The van der Waals surface area contributed by atoms with E-state index in [-0.39, 0.29) is 6.29 Å². The van der Waals surface area contributed by atoms with E-state index in [2.05, 4.69) is 26.5 Å². The minimum absolute atomic E-state index is 0.163. The van der Waals surface area contributed by atoms with Gasteiger partial charge in [0.05, 0.1) is 12.2 Å². The van der Waals surface area contributed by atoms with Gasteiger partial charge in [-0.3, -0.25) is 0 Å². The van der Waals surface area contributed by atoms with Gasteiger partial charge in [-0.05, 0) is 69.8 Å². The molecule has 3 rings (SSSR count). The SMILES string of the molecule is C=C(CCC=C(C)C)C1O[C@@H](C2CCCCC2)[C@H](C2CCCCC2)O1. The van der Waals surface area contributed by atoms with E-state index in [0.717, 1.165) is 18.4 Å². The van der Waals surface area contributed by atoms with Gasteiger partial charge in [0.15, 0.2) is 6.29 Å². The zero-order chi connectivity index (χ0) is 17.6. The molecule has 3 aliphatic rings. The third kappa shape index (κ3) is 5.20. The van der Waals surface area contributed by atoms with Crippen LogP contribution >= 0.6 is 0 Å². The van der Waals surface area contributed by atoms with Crippen LogP contribution in [0.4, 0.5) is 0 Å². The van der Waals surface area contributed by atoms with E-state index in [1.54, 1.807) is 0 Å². The lowest BCUT2D eigenvalue weighted by atomic mass is 9.77. The summed E-state index contributed by atoms with van der Waals surface area (Å²) in [5, 5.41) is 0. The van der Waals surface area contributed by atoms with Gasteiger partial charge in [0.2, 0.25) is 0 Å². The van der Waals surface area contributed by atoms with Crippen LogP contribution in [0.1, 0.15) is 90.9 Å². The zero-order valence-corrected chi connectivity index (χ0v) is 16.5. The molecule has 2 saturated carbocycles. The Balaban J connectivity index is 1.63. The van der Waals surface area contributed by atoms with Gasteiger partial charge in [0.25, 0.3) is 0 Å². The molecule has 142 valence electrons. The van der Waals surface area contributed by atoms with Crippen LogP contribution in [-0.2, 0) is 9.47 Å². The second-order valence-corrected chi connectivity index (χ2v) is 8.81. The summed E-state index contributed by atoms with van der Waals surface area (Å²) in [6.07, 6.45) is 18.4. The Bertz CT molecular complexity index is 425. The number of hydrogen-bond donors (Lipinski definition) is 0. The Kier molecular flexibility index (Phi) is 7.18. The molecule has 2 heteroatoms. The van der Waals surface area contributed by atoms with Crippen LogP contribution < -0.4 is 0 Å². The first-order valence-electron chi connectivity index (χ1n) is 10.8. The minimum Gasteiger partial charge on any atom is -0.342 e. The molecule has 1 saturated heterocycles. The first-order valence-corrected chi connectivity index (χ1v) is 10.8. The highest BCUT2D eigenvalue weighted by Gasteiger charge is 2.45. The van der Waals surface area contributed by atoms with Crippen molar-refractivity contribution in [2.45, 2.75) is 109 Å². The molecule has 0 N–H and O–H groups in total. The zero-order valence-electron chi connectivity index (χ0n) is 16.5. The largest absolute Gasteiger partial charge is 0.342 e. The van der Waals surface area contributed by atoms with Gasteiger partial charge in [-0.15, -0.1) is 0 Å². The Labute approximate surface area is 155 Å². The summed E-state index contributed by atoms with van der Waals surface area (Å²) in [5.41, 5.74) is 2.51. The highest BCUT2D eigenvalue weighted by molar-refractivity contribution is 5.06. The quantitative estimate of drug-likeness (QED) is 0.507. The molecule has 1 heterocycles. The fourth-order valence-corrected chi connectivity index (χ4v) is 5.01. The summed E-state index contributed by atoms with van der Waals surface area (Å²) in [5.74, 6) is 1.41. The maximum absolute atomic E-state index is 6.54. The molecule has 2 nitrogen and oxygen atoms in total. The molecule has 1 aliphatic heterocycles. The second-order valence-electron chi connectivity index (χ2n) is 8.81. The van der Waals surface area contributed by atoms with Gasteiger partial charge in [0.1, 0.15) is 0 Å². The first kappa shape index (κ1) is 19.2. The molecular weight excluding hydrogens is 308 g/mol. The first-order chi connectivity index (χ1) is 12.1. The monoisotopic (exact) mass is 346 g/mol. The molecule has 0 amide bonds. The lowest BCUT2D eigenvalue weighted by molar-refractivity contribution is -0.0530. The van der Waals surface area contributed by atoms with Gasteiger partial charge >= 0.3 is 0 Å². The molecule has 0 unspecified atom stereocenters. The van der Waals surface area contributed by atoms with E-state index in [4.69, 9.17) is 9.47 Å². The van der Waals surface area contributed by atoms with Gasteiger partial charge in [-0.2, -0.15) is 0 Å². The van der Waals surface area contributed by atoms with Crippen LogP contribution in [0.25, 0.3) is 0 Å². The van der Waals surface area contributed by atoms with Gasteiger partial charge in [-0.25, -0.2) is 0 Å². The predicted molar refractivity (Wildman–Crippen MR) is 104 cm³/mol. The van der Waals surface area contributed by atoms with Crippen molar-refractivity contribution in [1.29, 1.82) is 0 Å². The smallest absolute Gasteiger partial charge is 0.180 e. The molecular formula is C23H38O2. The summed E-state index contributed by atoms with van der Waals surface area (Å²) in [6, 6.07) is 0. The summed E-state index contributed by atoms with van der Waals surface area (Å²) in [4.78, 5) is 0. The Morgan fingerprint density at radius 2 is 1.32 bits per heavy atom. The Hall–Kier alpha value is -0.600. The average Bonchev–Trinajstić information content (AvgIpc) is 3.08. The number of allylic oxidation sites excluding steroid dienone is 2. The van der Waals surface area contributed by atoms with Crippen molar-refractivity contribution in [3.8, 4) is 0 Å². The maximum atomic E-state index is 6.54. The van der Waals surface area contributed by atoms with Gasteiger partial charge in [0, 0.05) is 0 Å². The molecule has 0 aromatic rings. The van der Waals surface area contributed by atoms with Gasteiger partial charge < -0.3 is 9.47 Å². The summed E-state index contributed by atoms with van der Waals surface area (Å²) < 4.78 is 13.1. The maximum Gasteiger partial charge on any atom is 0.180 e. The molecule has 2 aliphatic carbocycles. The van der Waals surface area contributed by atoms with E-state index < -0.39 is 0 Å². The number of hydrogen-bond acceptors (Lipinski definition) is 2. The second kappa shape index (κ2) is 9.37. The van der Waals surface area contributed by atoms with E-state index in [1.807, 2.05) is 0 Å². The highest BCUT2D eigenvalue weighted by atomic mass is 16.7. The van der Waals surface area contributed by atoms with E-state index in [1.165, 1.54) is 69.8 Å². The molecule has 0 spiro atoms. The fourth-order valence-electron chi connectivity index (χ4n) is 5.01. The van der Waals surface area contributed by atoms with Crippen LogP contribution in [0, 0.1) is 11.8 Å². The molecule has 25 heavy (non-hydrogen) atoms. The lowest BCUT2D eigenvalue weighted by Crippen LogP contribution is -2.38.